The third kappa shape index (κ3) is 4.39. The van der Waals surface area contributed by atoms with Crippen molar-refractivity contribution < 1.29 is 4.79 Å². The van der Waals surface area contributed by atoms with Gasteiger partial charge in [-0.2, -0.15) is 5.26 Å². The topological polar surface area (TPSA) is 71.9 Å². The fraction of sp³-hybridized carbons (Fsp3) is 0.360. The number of rotatable bonds is 5. The summed E-state index contributed by atoms with van der Waals surface area (Å²) in [5.74, 6) is 0.552. The second-order valence-corrected chi connectivity index (χ2v) is 8.51. The van der Waals surface area contributed by atoms with E-state index in [2.05, 4.69) is 39.6 Å². The highest BCUT2D eigenvalue weighted by atomic mass is 16.1. The van der Waals surface area contributed by atoms with Crippen molar-refractivity contribution in [2.45, 2.75) is 39.2 Å². The third-order valence-corrected chi connectivity index (χ3v) is 6.03. The highest BCUT2D eigenvalue weighted by Crippen LogP contribution is 2.31. The van der Waals surface area contributed by atoms with Gasteiger partial charge in [-0.15, -0.1) is 0 Å². The number of hydrogen-bond acceptors (Lipinski definition) is 3. The van der Waals surface area contributed by atoms with Crippen LogP contribution in [0.1, 0.15) is 49.3 Å². The van der Waals surface area contributed by atoms with E-state index >= 15 is 0 Å². The van der Waals surface area contributed by atoms with Crippen LogP contribution in [0.25, 0.3) is 10.9 Å². The minimum atomic E-state index is -0.0226. The lowest BCUT2D eigenvalue weighted by atomic mass is 9.89. The van der Waals surface area contributed by atoms with E-state index < -0.39 is 0 Å². The molecule has 1 aliphatic rings. The maximum Gasteiger partial charge on any atom is 0.226 e. The molecule has 0 spiro atoms. The lowest BCUT2D eigenvalue weighted by Gasteiger charge is -2.32. The summed E-state index contributed by atoms with van der Waals surface area (Å²) in [4.78, 5) is 17.8. The molecule has 0 saturated carbocycles. The molecule has 0 atom stereocenters. The molecule has 1 amide bonds. The first-order chi connectivity index (χ1) is 14.5. The number of nitriles is 1. The van der Waals surface area contributed by atoms with Crippen LogP contribution in [0, 0.1) is 17.2 Å². The predicted octanol–water partition coefficient (Wildman–Crippen LogP) is 5.01. The number of carbonyl (C=O) groups is 1. The number of amides is 1. The maximum atomic E-state index is 12.0. The van der Waals surface area contributed by atoms with Crippen molar-refractivity contribution >= 4 is 22.5 Å². The van der Waals surface area contributed by atoms with E-state index in [1.165, 1.54) is 11.1 Å². The van der Waals surface area contributed by atoms with E-state index in [9.17, 15) is 10.1 Å². The van der Waals surface area contributed by atoms with Gasteiger partial charge in [0.1, 0.15) is 0 Å². The Labute approximate surface area is 177 Å². The molecular weight excluding hydrogens is 372 g/mol. The van der Waals surface area contributed by atoms with Gasteiger partial charge in [0.15, 0.2) is 0 Å². The maximum absolute atomic E-state index is 12.0. The van der Waals surface area contributed by atoms with E-state index in [0.29, 0.717) is 11.5 Å². The van der Waals surface area contributed by atoms with E-state index in [1.54, 1.807) is 0 Å². The largest absolute Gasteiger partial charge is 0.361 e. The van der Waals surface area contributed by atoms with Crippen molar-refractivity contribution in [1.82, 2.24) is 9.88 Å². The number of H-pyrrole nitrogens is 1. The van der Waals surface area contributed by atoms with Gasteiger partial charge in [0, 0.05) is 35.2 Å². The van der Waals surface area contributed by atoms with Crippen LogP contribution in [0.5, 0.6) is 0 Å². The minimum absolute atomic E-state index is 0.0226. The molecule has 5 heteroatoms. The summed E-state index contributed by atoms with van der Waals surface area (Å²) in [6.45, 7) is 6.79. The van der Waals surface area contributed by atoms with Crippen molar-refractivity contribution in [2.75, 3.05) is 18.4 Å². The SMILES string of the molecule is CC(C)C(=O)Nc1cccc(C2CCN(Cc3c[nH]c4ccc(C#N)cc34)CC2)c1. The molecule has 1 fully saturated rings. The lowest BCUT2D eigenvalue weighted by Crippen LogP contribution is -2.32. The second-order valence-electron chi connectivity index (χ2n) is 8.51. The summed E-state index contributed by atoms with van der Waals surface area (Å²) in [5.41, 5.74) is 5.23. The molecule has 0 aliphatic carbocycles. The molecule has 1 saturated heterocycles. The van der Waals surface area contributed by atoms with Crippen LogP contribution in [0.4, 0.5) is 5.69 Å². The van der Waals surface area contributed by atoms with Crippen LogP contribution in [0.15, 0.2) is 48.7 Å². The number of piperidine rings is 1. The molecule has 2 aromatic carbocycles. The number of likely N-dealkylation sites (tertiary alicyclic amines) is 1. The first-order valence-electron chi connectivity index (χ1n) is 10.7. The predicted molar refractivity (Wildman–Crippen MR) is 120 cm³/mol. The van der Waals surface area contributed by atoms with Gasteiger partial charge in [-0.1, -0.05) is 26.0 Å². The number of nitrogens with zero attached hydrogens (tertiary/aromatic N) is 2. The molecule has 2 heterocycles. The van der Waals surface area contributed by atoms with E-state index in [0.717, 1.165) is 49.1 Å². The molecule has 30 heavy (non-hydrogen) atoms. The van der Waals surface area contributed by atoms with Gasteiger partial charge < -0.3 is 10.3 Å². The van der Waals surface area contributed by atoms with Gasteiger partial charge in [0.05, 0.1) is 11.6 Å². The summed E-state index contributed by atoms with van der Waals surface area (Å²) in [7, 11) is 0. The van der Waals surface area contributed by atoms with Crippen molar-refractivity contribution in [3.05, 3.63) is 65.4 Å². The summed E-state index contributed by atoms with van der Waals surface area (Å²) in [5, 5.41) is 13.3. The number of hydrogen-bond donors (Lipinski definition) is 2. The second kappa shape index (κ2) is 8.73. The highest BCUT2D eigenvalue weighted by Gasteiger charge is 2.22. The normalized spacial score (nSPS) is 15.4. The first-order valence-corrected chi connectivity index (χ1v) is 10.7. The van der Waals surface area contributed by atoms with Gasteiger partial charge in [-0.25, -0.2) is 0 Å². The van der Waals surface area contributed by atoms with Crippen LogP contribution in [-0.4, -0.2) is 28.9 Å². The number of aromatic amines is 1. The van der Waals surface area contributed by atoms with Crippen LogP contribution in [-0.2, 0) is 11.3 Å². The molecule has 5 nitrogen and oxygen atoms in total. The zero-order valence-corrected chi connectivity index (χ0v) is 17.6. The fourth-order valence-electron chi connectivity index (χ4n) is 4.20. The number of benzene rings is 2. The average molecular weight is 401 g/mol. The van der Waals surface area contributed by atoms with Crippen molar-refractivity contribution in [3.63, 3.8) is 0 Å². The third-order valence-electron chi connectivity index (χ3n) is 6.03. The van der Waals surface area contributed by atoms with E-state index in [1.807, 2.05) is 44.2 Å². The molecule has 1 aliphatic heterocycles. The molecule has 0 radical (unpaired) electrons. The molecular formula is C25H28N4O. The number of aromatic nitrogens is 1. The van der Waals surface area contributed by atoms with Crippen LogP contribution in [0.3, 0.4) is 0 Å². The molecule has 4 rings (SSSR count). The zero-order chi connectivity index (χ0) is 21.1. The fourth-order valence-corrected chi connectivity index (χ4v) is 4.20. The van der Waals surface area contributed by atoms with Crippen LogP contribution < -0.4 is 5.32 Å². The Morgan fingerprint density at radius 1 is 1.23 bits per heavy atom. The van der Waals surface area contributed by atoms with E-state index in [4.69, 9.17) is 0 Å². The monoisotopic (exact) mass is 400 g/mol. The smallest absolute Gasteiger partial charge is 0.226 e. The van der Waals surface area contributed by atoms with Gasteiger partial charge in [0.25, 0.3) is 0 Å². The quantitative estimate of drug-likeness (QED) is 0.632. The van der Waals surface area contributed by atoms with Gasteiger partial charge in [0.2, 0.25) is 5.91 Å². The summed E-state index contributed by atoms with van der Waals surface area (Å²) in [6.07, 6.45) is 4.28. The Morgan fingerprint density at radius 2 is 2.03 bits per heavy atom. The highest BCUT2D eigenvalue weighted by molar-refractivity contribution is 5.92. The number of nitrogens with one attached hydrogen (secondary N) is 2. The zero-order valence-electron chi connectivity index (χ0n) is 17.6. The number of carbonyl (C=O) groups excluding carboxylic acids is 1. The Morgan fingerprint density at radius 3 is 2.77 bits per heavy atom. The Bertz CT molecular complexity index is 1080. The summed E-state index contributed by atoms with van der Waals surface area (Å²) in [6, 6.07) is 16.3. The Hall–Kier alpha value is -3.10. The Kier molecular flexibility index (Phi) is 5.87. The average Bonchev–Trinajstić information content (AvgIpc) is 3.16. The van der Waals surface area contributed by atoms with Gasteiger partial charge in [-0.05, 0) is 73.3 Å². The van der Waals surface area contributed by atoms with Crippen LogP contribution in [0.2, 0.25) is 0 Å². The van der Waals surface area contributed by atoms with Crippen LogP contribution >= 0.6 is 0 Å². The van der Waals surface area contributed by atoms with E-state index in [-0.39, 0.29) is 11.8 Å². The first kappa shape index (κ1) is 20.2. The number of anilines is 1. The molecule has 154 valence electrons. The molecule has 0 bridgehead atoms. The molecule has 3 aromatic rings. The minimum Gasteiger partial charge on any atom is -0.361 e. The standard InChI is InChI=1S/C25H28N4O/c1-17(2)25(30)28-22-5-3-4-20(13-22)19-8-10-29(11-9-19)16-21-15-27-24-7-6-18(14-26)12-23(21)24/h3-7,12-13,15,17,19,27H,8-11,16H2,1-2H3,(H,28,30). The Balaban J connectivity index is 1.39. The summed E-state index contributed by atoms with van der Waals surface area (Å²) >= 11 is 0. The van der Waals surface area contributed by atoms with Crippen molar-refractivity contribution in [2.24, 2.45) is 5.92 Å². The molecule has 1 aromatic heterocycles. The van der Waals surface area contributed by atoms with Gasteiger partial charge >= 0.3 is 0 Å². The molecule has 2 N–H and O–H groups in total. The molecule has 0 unspecified atom stereocenters. The van der Waals surface area contributed by atoms with Gasteiger partial charge in [-0.3, -0.25) is 9.69 Å². The van der Waals surface area contributed by atoms with Crippen molar-refractivity contribution in [3.8, 4) is 6.07 Å². The van der Waals surface area contributed by atoms with Crippen molar-refractivity contribution in [1.29, 1.82) is 5.26 Å². The summed E-state index contributed by atoms with van der Waals surface area (Å²) < 4.78 is 0. The lowest BCUT2D eigenvalue weighted by molar-refractivity contribution is -0.118. The number of fused-ring (bicyclic) bond motifs is 1.